The number of rotatable bonds is 12. The molecule has 0 spiro atoms. The minimum Gasteiger partial charge on any atom is -0.353 e. The van der Waals surface area contributed by atoms with Crippen LogP contribution in [0.2, 0.25) is 0 Å². The van der Waals surface area contributed by atoms with Crippen molar-refractivity contribution >= 4 is 73.0 Å². The second kappa shape index (κ2) is 17.2. The Balaban J connectivity index is 0.838. The van der Waals surface area contributed by atoms with Crippen LogP contribution in [0.5, 0.6) is 0 Å². The van der Waals surface area contributed by atoms with Crippen molar-refractivity contribution in [3.63, 3.8) is 0 Å². The van der Waals surface area contributed by atoms with Gasteiger partial charge in [0.25, 0.3) is 11.9 Å². The quantitative estimate of drug-likeness (QED) is 0.0788. The Morgan fingerprint density at radius 1 is 0.672 bits per heavy atom. The number of para-hydroxylation sites is 2. The molecule has 4 fully saturated rings. The molecule has 2 saturated carbocycles. The van der Waals surface area contributed by atoms with Gasteiger partial charge in [-0.1, -0.05) is 62.4 Å². The Labute approximate surface area is 382 Å². The van der Waals surface area contributed by atoms with E-state index in [0.717, 1.165) is 100 Å². The summed E-state index contributed by atoms with van der Waals surface area (Å²) in [6, 6.07) is 18.1. The highest BCUT2D eigenvalue weighted by Crippen LogP contribution is 2.56. The first-order chi connectivity index (χ1) is 31.6. The number of anilines is 3. The number of piperidine rings is 2. The van der Waals surface area contributed by atoms with Gasteiger partial charge >= 0.3 is 0 Å². The zero-order valence-electron chi connectivity index (χ0n) is 36.5. The maximum Gasteiger partial charge on any atom is 0.266 e. The number of nitrogens with one attached hydrogen (secondary N) is 2. The highest BCUT2D eigenvalue weighted by molar-refractivity contribution is 8.15. The fourth-order valence-electron chi connectivity index (χ4n) is 11.9. The Morgan fingerprint density at radius 2 is 1.23 bits per heavy atom. The lowest BCUT2D eigenvalue weighted by atomic mass is 9.72. The smallest absolute Gasteiger partial charge is 0.266 e. The van der Waals surface area contributed by atoms with Gasteiger partial charge in [0.2, 0.25) is 11.8 Å². The molecule has 2 aromatic carbocycles. The number of hydrogen-bond acceptors (Lipinski definition) is 14. The number of thioether (sulfide) groups is 2. The maximum atomic E-state index is 7.77. The van der Waals surface area contributed by atoms with Gasteiger partial charge in [-0.3, -0.25) is 15.0 Å². The number of H-pyrrole nitrogens is 2. The SMILES string of the molecule is NN(c1cccc2cc(C3=N[C@H](Cc4nc(N5CCCCC5)no4)CS3)[nH]c12)C1(c2cccc3cc(C4=N[C@H](Cc5nc(N6CCCCC6)no5)CS4)[nH]c23)CCCC1C1CCCC1. The van der Waals surface area contributed by atoms with E-state index in [9.17, 15) is 0 Å². The van der Waals surface area contributed by atoms with E-state index in [0.29, 0.717) is 36.5 Å². The molecule has 8 heterocycles. The van der Waals surface area contributed by atoms with Gasteiger partial charge in [0.1, 0.15) is 10.1 Å². The highest BCUT2D eigenvalue weighted by atomic mass is 32.2. The molecular weight excluding hydrogens is 841 g/mol. The molecule has 0 amide bonds. The number of aromatic amines is 2. The number of nitrogens with two attached hydrogens (primary N) is 1. The molecule has 2 aliphatic carbocycles. The van der Waals surface area contributed by atoms with Gasteiger partial charge < -0.3 is 28.8 Å². The lowest BCUT2D eigenvalue weighted by molar-refractivity contribution is 0.212. The molecule has 4 aliphatic heterocycles. The summed E-state index contributed by atoms with van der Waals surface area (Å²) in [6.07, 6.45) is 17.0. The Bertz CT molecular complexity index is 2680. The van der Waals surface area contributed by atoms with E-state index >= 15 is 0 Å². The van der Waals surface area contributed by atoms with Crippen LogP contribution < -0.4 is 20.7 Å². The van der Waals surface area contributed by atoms with E-state index < -0.39 is 5.54 Å². The number of hydrogen-bond donors (Lipinski definition) is 3. The molecule has 334 valence electrons. The second-order valence-corrected chi connectivity index (χ2v) is 21.0. The van der Waals surface area contributed by atoms with Crippen LogP contribution in [0.4, 0.5) is 17.6 Å². The third-order valence-electron chi connectivity index (χ3n) is 15.0. The van der Waals surface area contributed by atoms with Crippen molar-refractivity contribution in [2.45, 2.75) is 114 Å². The summed E-state index contributed by atoms with van der Waals surface area (Å²) in [5, 5.41) is 15.2. The van der Waals surface area contributed by atoms with Crippen molar-refractivity contribution in [1.82, 2.24) is 30.2 Å². The number of fused-ring (bicyclic) bond motifs is 2. The Hall–Kier alpha value is -4.80. The Morgan fingerprint density at radius 3 is 1.84 bits per heavy atom. The molecule has 4 N–H and O–H groups in total. The van der Waals surface area contributed by atoms with Gasteiger partial charge in [-0.25, -0.2) is 5.84 Å². The average molecular weight is 899 g/mol. The maximum absolute atomic E-state index is 7.77. The van der Waals surface area contributed by atoms with Crippen LogP contribution in [-0.4, -0.2) is 90.1 Å². The van der Waals surface area contributed by atoms with Gasteiger partial charge in [0.15, 0.2) is 0 Å². The zero-order valence-corrected chi connectivity index (χ0v) is 38.1. The van der Waals surface area contributed by atoms with Crippen LogP contribution in [0, 0.1) is 11.8 Å². The first-order valence-corrected chi connectivity index (χ1v) is 25.9. The van der Waals surface area contributed by atoms with Crippen molar-refractivity contribution < 1.29 is 9.05 Å². The third kappa shape index (κ3) is 7.50. The summed E-state index contributed by atoms with van der Waals surface area (Å²) < 4.78 is 11.5. The summed E-state index contributed by atoms with van der Waals surface area (Å²) in [7, 11) is 0. The molecule has 12 rings (SSSR count). The highest BCUT2D eigenvalue weighted by Gasteiger charge is 2.53. The van der Waals surface area contributed by atoms with E-state index in [1.165, 1.54) is 87.1 Å². The van der Waals surface area contributed by atoms with E-state index in [-0.39, 0.29) is 12.1 Å². The molecule has 2 saturated heterocycles. The lowest BCUT2D eigenvalue weighted by Crippen LogP contribution is -2.55. The molecule has 6 aromatic rings. The molecule has 0 radical (unpaired) electrons. The number of aromatic nitrogens is 6. The van der Waals surface area contributed by atoms with E-state index in [2.05, 4.69) is 83.6 Å². The fraction of sp³-hybridized carbons (Fsp3) is 0.542. The van der Waals surface area contributed by atoms with E-state index in [1.54, 1.807) is 11.8 Å². The minimum atomic E-state index is -0.408. The molecule has 16 heteroatoms. The van der Waals surface area contributed by atoms with Crippen molar-refractivity contribution in [1.29, 1.82) is 0 Å². The molecular formula is C48H58N12O2S2. The summed E-state index contributed by atoms with van der Waals surface area (Å²) in [5.74, 6) is 13.4. The third-order valence-corrected chi connectivity index (χ3v) is 17.3. The van der Waals surface area contributed by atoms with Gasteiger partial charge in [-0.2, -0.15) is 9.97 Å². The van der Waals surface area contributed by atoms with Gasteiger partial charge in [0, 0.05) is 54.0 Å². The normalized spacial score (nSPS) is 25.6. The predicted molar refractivity (Wildman–Crippen MR) is 258 cm³/mol. The summed E-state index contributed by atoms with van der Waals surface area (Å²) >= 11 is 3.60. The topological polar surface area (TPSA) is 170 Å². The van der Waals surface area contributed by atoms with Crippen LogP contribution >= 0.6 is 23.5 Å². The van der Waals surface area contributed by atoms with Crippen LogP contribution in [-0.2, 0) is 18.4 Å². The Kier molecular flexibility index (Phi) is 10.9. The molecule has 4 aromatic heterocycles. The number of benzene rings is 2. The fourth-order valence-corrected chi connectivity index (χ4v) is 14.0. The van der Waals surface area contributed by atoms with Crippen molar-refractivity contribution in [3.05, 3.63) is 77.3 Å². The molecule has 4 atom stereocenters. The number of nitrogens with zero attached hydrogens (tertiary/aromatic N) is 9. The second-order valence-electron chi connectivity index (χ2n) is 19.0. The zero-order chi connectivity index (χ0) is 42.6. The molecule has 0 bridgehead atoms. The average Bonchev–Trinajstić information content (AvgIpc) is 4.18. The molecule has 6 aliphatic rings. The van der Waals surface area contributed by atoms with Crippen LogP contribution in [0.15, 0.2) is 67.6 Å². The van der Waals surface area contributed by atoms with Crippen LogP contribution in [0.3, 0.4) is 0 Å². The largest absolute Gasteiger partial charge is 0.353 e. The first-order valence-electron chi connectivity index (χ1n) is 23.9. The summed E-state index contributed by atoms with van der Waals surface area (Å²) in [6.45, 7) is 3.98. The monoisotopic (exact) mass is 898 g/mol. The molecule has 64 heavy (non-hydrogen) atoms. The van der Waals surface area contributed by atoms with Crippen LogP contribution in [0.25, 0.3) is 21.8 Å². The van der Waals surface area contributed by atoms with E-state index in [1.807, 2.05) is 11.8 Å². The molecule has 14 nitrogen and oxygen atoms in total. The molecule has 2 unspecified atom stereocenters. The minimum absolute atomic E-state index is 0.0778. The predicted octanol–water partition coefficient (Wildman–Crippen LogP) is 9.17. The lowest BCUT2D eigenvalue weighted by Gasteiger charge is -2.47. The van der Waals surface area contributed by atoms with Gasteiger partial charge in [0.05, 0.1) is 58.6 Å². The first kappa shape index (κ1) is 40.7. The standard InChI is InChI=1S/C48H58N12O2S2/c49-60(39-18-10-15-32-25-38(53-43(32)39)45-51-34(29-64-45)27-41-55-47(57-62-41)59-22-7-2-8-23-59)48(19-11-17-35(48)30-12-3-4-13-30)36-16-9-14-31-24-37(52-42(31)36)44-50-33(28-63-44)26-40-54-46(56-61-40)58-20-5-1-6-21-58/h9-10,14-16,18,24-25,30,33-35,52-53H,1-8,11-13,17,19-23,26-29,49H2/t33-,34-,35?,48?/m1/s1. The summed E-state index contributed by atoms with van der Waals surface area (Å²) in [5.41, 5.74) is 6.22. The van der Waals surface area contributed by atoms with Gasteiger partial charge in [-0.05, 0) is 91.7 Å². The van der Waals surface area contributed by atoms with E-state index in [4.69, 9.17) is 34.8 Å². The van der Waals surface area contributed by atoms with Crippen molar-refractivity contribution in [2.24, 2.45) is 27.7 Å². The van der Waals surface area contributed by atoms with Gasteiger partial charge in [-0.15, -0.1) is 23.5 Å². The summed E-state index contributed by atoms with van der Waals surface area (Å²) in [4.78, 5) is 32.2. The van der Waals surface area contributed by atoms with Crippen LogP contribution in [0.1, 0.15) is 112 Å². The van der Waals surface area contributed by atoms with Crippen molar-refractivity contribution in [3.8, 4) is 0 Å². The number of aliphatic imine (C=N–C) groups is 2. The van der Waals surface area contributed by atoms with Crippen molar-refractivity contribution in [2.75, 3.05) is 52.5 Å². The number of hydrazine groups is 1.